The Morgan fingerprint density at radius 2 is 2.21 bits per heavy atom. The van der Waals surface area contributed by atoms with Gasteiger partial charge in [0.25, 0.3) is 0 Å². The van der Waals surface area contributed by atoms with Gasteiger partial charge in [-0.1, -0.05) is 0 Å². The first-order valence-electron chi connectivity index (χ1n) is 3.89. The van der Waals surface area contributed by atoms with Gasteiger partial charge >= 0.3 is 0 Å². The summed E-state index contributed by atoms with van der Waals surface area (Å²) >= 11 is -2.17. The van der Waals surface area contributed by atoms with E-state index in [2.05, 4.69) is 0 Å². The smallest absolute Gasteiger partial charge is 0.223 e. The number of halogens is 1. The van der Waals surface area contributed by atoms with E-state index in [1.165, 1.54) is 18.2 Å². The van der Waals surface area contributed by atoms with Crippen LogP contribution < -0.4 is 0 Å². The number of hydrogen-bond acceptors (Lipinski definition) is 2. The molecule has 1 atom stereocenters. The zero-order valence-electron chi connectivity index (χ0n) is 7.28. The second-order valence-electron chi connectivity index (χ2n) is 2.90. The van der Waals surface area contributed by atoms with Crippen molar-refractivity contribution in [1.82, 2.24) is 0 Å². The van der Waals surface area contributed by atoms with Crippen molar-refractivity contribution >= 4 is 22.0 Å². The van der Waals surface area contributed by atoms with Gasteiger partial charge in [0.2, 0.25) is 16.2 Å². The van der Waals surface area contributed by atoms with E-state index in [-0.39, 0.29) is 5.09 Å². The normalized spacial score (nSPS) is 13.4. The topological polar surface area (TPSA) is 50.4 Å². The third kappa shape index (κ3) is 1.34. The Kier molecular flexibility index (Phi) is 2.13. The Balaban J connectivity index is 2.80. The molecule has 2 rings (SSSR count). The van der Waals surface area contributed by atoms with Crippen LogP contribution in [0.25, 0.3) is 11.0 Å². The molecule has 1 N–H and O–H groups in total. The van der Waals surface area contributed by atoms with Crippen LogP contribution >= 0.6 is 0 Å². The Hall–Kier alpha value is -1.20. The van der Waals surface area contributed by atoms with Gasteiger partial charge in [0.05, 0.1) is 0 Å². The lowest BCUT2D eigenvalue weighted by Crippen LogP contribution is -1.86. The fraction of sp³-hybridized carbons (Fsp3) is 0.111. The van der Waals surface area contributed by atoms with Crippen molar-refractivity contribution in [1.29, 1.82) is 0 Å². The third-order valence-electron chi connectivity index (χ3n) is 2.01. The van der Waals surface area contributed by atoms with Crippen LogP contribution in [0.1, 0.15) is 5.56 Å². The molecule has 14 heavy (non-hydrogen) atoms. The summed E-state index contributed by atoms with van der Waals surface area (Å²) in [6, 6.07) is 3.97. The number of benzene rings is 1. The first-order chi connectivity index (χ1) is 6.59. The molecule has 0 saturated carbocycles. The van der Waals surface area contributed by atoms with Crippen LogP contribution in [-0.4, -0.2) is 8.76 Å². The number of aryl methyl sites for hydroxylation is 1. The molecule has 1 aromatic carbocycles. The summed E-state index contributed by atoms with van der Waals surface area (Å²) in [6.07, 6.45) is 0. The van der Waals surface area contributed by atoms with Gasteiger partial charge in [-0.05, 0) is 25.1 Å². The summed E-state index contributed by atoms with van der Waals surface area (Å²) in [6.45, 7) is 1.62. The van der Waals surface area contributed by atoms with Crippen molar-refractivity contribution in [2.45, 2.75) is 12.0 Å². The molecule has 5 heteroatoms. The molecule has 1 unspecified atom stereocenters. The van der Waals surface area contributed by atoms with E-state index in [0.717, 1.165) is 0 Å². The molecular formula is C9H7FO3S. The maximum atomic E-state index is 12.8. The first-order valence-corrected chi connectivity index (χ1v) is 5.00. The fourth-order valence-corrected chi connectivity index (χ4v) is 1.87. The molecule has 0 aliphatic heterocycles. The molecule has 0 aliphatic carbocycles. The molecular weight excluding hydrogens is 207 g/mol. The highest BCUT2D eigenvalue weighted by Crippen LogP contribution is 2.27. The molecule has 74 valence electrons. The second kappa shape index (κ2) is 3.18. The molecule has 3 nitrogen and oxygen atoms in total. The molecule has 0 amide bonds. The number of rotatable bonds is 1. The van der Waals surface area contributed by atoms with Gasteiger partial charge in [-0.3, -0.25) is 4.55 Å². The quantitative estimate of drug-likeness (QED) is 0.742. The lowest BCUT2D eigenvalue weighted by atomic mass is 10.2. The maximum absolute atomic E-state index is 12.8. The van der Waals surface area contributed by atoms with Gasteiger partial charge in [-0.2, -0.15) is 0 Å². The number of hydrogen-bond donors (Lipinski definition) is 1. The summed E-state index contributed by atoms with van der Waals surface area (Å²) in [7, 11) is 0. The van der Waals surface area contributed by atoms with Crippen LogP contribution in [0.2, 0.25) is 0 Å². The number of furan rings is 1. The standard InChI is InChI=1S/C9H7FO3S/c1-5-7-4-6(10)2-3-8(7)13-9(5)14(11)12/h2-4H,1H3,(H,11,12). The SMILES string of the molecule is Cc1c(S(=O)O)oc2ccc(F)cc12. The van der Waals surface area contributed by atoms with Crippen molar-refractivity contribution < 1.29 is 17.6 Å². The largest absolute Gasteiger partial charge is 0.445 e. The Bertz CT molecular complexity index is 518. The van der Waals surface area contributed by atoms with Crippen LogP contribution in [-0.2, 0) is 11.1 Å². The molecule has 1 heterocycles. The highest BCUT2D eigenvalue weighted by Gasteiger charge is 2.14. The summed E-state index contributed by atoms with van der Waals surface area (Å²) in [5, 5.41) is 0.507. The Labute approximate surface area is 81.8 Å². The fourth-order valence-electron chi connectivity index (χ4n) is 1.34. The van der Waals surface area contributed by atoms with Gasteiger partial charge in [0.15, 0.2) is 0 Å². The van der Waals surface area contributed by atoms with Gasteiger partial charge in [0.1, 0.15) is 11.4 Å². The van der Waals surface area contributed by atoms with Crippen molar-refractivity contribution in [2.24, 2.45) is 0 Å². The van der Waals surface area contributed by atoms with Crippen LogP contribution in [0.5, 0.6) is 0 Å². The Morgan fingerprint density at radius 3 is 2.86 bits per heavy atom. The van der Waals surface area contributed by atoms with Crippen molar-refractivity contribution in [2.75, 3.05) is 0 Å². The van der Waals surface area contributed by atoms with Crippen LogP contribution in [0.15, 0.2) is 27.7 Å². The third-order valence-corrected chi connectivity index (χ3v) is 2.72. The minimum atomic E-state index is -2.17. The first kappa shape index (κ1) is 9.36. The minimum Gasteiger partial charge on any atom is -0.445 e. The molecule has 0 bridgehead atoms. The second-order valence-corrected chi connectivity index (χ2v) is 3.77. The highest BCUT2D eigenvalue weighted by atomic mass is 32.2. The minimum absolute atomic E-state index is 0.0226. The van der Waals surface area contributed by atoms with Crippen molar-refractivity contribution in [3.8, 4) is 0 Å². The monoisotopic (exact) mass is 214 g/mol. The summed E-state index contributed by atoms with van der Waals surface area (Å²) in [4.78, 5) is 0. The van der Waals surface area contributed by atoms with E-state index in [9.17, 15) is 8.60 Å². The number of fused-ring (bicyclic) bond motifs is 1. The molecule has 1 aromatic heterocycles. The van der Waals surface area contributed by atoms with E-state index in [1.807, 2.05) is 0 Å². The summed E-state index contributed by atoms with van der Waals surface area (Å²) in [5.74, 6) is -0.392. The molecule has 2 aromatic rings. The molecule has 0 saturated heterocycles. The highest BCUT2D eigenvalue weighted by molar-refractivity contribution is 7.79. The van der Waals surface area contributed by atoms with Crippen LogP contribution in [0, 0.1) is 12.7 Å². The van der Waals surface area contributed by atoms with E-state index in [1.54, 1.807) is 6.92 Å². The maximum Gasteiger partial charge on any atom is 0.223 e. The lowest BCUT2D eigenvalue weighted by Gasteiger charge is -1.89. The summed E-state index contributed by atoms with van der Waals surface area (Å²) < 4.78 is 37.6. The van der Waals surface area contributed by atoms with E-state index >= 15 is 0 Å². The van der Waals surface area contributed by atoms with Gasteiger partial charge in [0, 0.05) is 10.9 Å². The predicted octanol–water partition coefficient (Wildman–Crippen LogP) is 2.46. The lowest BCUT2D eigenvalue weighted by molar-refractivity contribution is 0.465. The van der Waals surface area contributed by atoms with Crippen molar-refractivity contribution in [3.63, 3.8) is 0 Å². The zero-order valence-corrected chi connectivity index (χ0v) is 8.10. The predicted molar refractivity (Wildman–Crippen MR) is 49.9 cm³/mol. The molecule has 0 spiro atoms. The average Bonchev–Trinajstić information content (AvgIpc) is 2.44. The molecule has 0 radical (unpaired) electrons. The van der Waals surface area contributed by atoms with E-state index in [0.29, 0.717) is 16.5 Å². The Morgan fingerprint density at radius 1 is 1.50 bits per heavy atom. The van der Waals surface area contributed by atoms with Crippen molar-refractivity contribution in [3.05, 3.63) is 29.6 Å². The van der Waals surface area contributed by atoms with E-state index < -0.39 is 16.9 Å². The van der Waals surface area contributed by atoms with Gasteiger partial charge < -0.3 is 4.42 Å². The summed E-state index contributed by atoms with van der Waals surface area (Å²) in [5.41, 5.74) is 0.918. The molecule has 0 aliphatic rings. The van der Waals surface area contributed by atoms with Gasteiger partial charge in [-0.25, -0.2) is 8.60 Å². The van der Waals surface area contributed by atoms with E-state index in [4.69, 9.17) is 8.97 Å². The molecule has 0 fully saturated rings. The average molecular weight is 214 g/mol. The van der Waals surface area contributed by atoms with Crippen LogP contribution in [0.3, 0.4) is 0 Å². The van der Waals surface area contributed by atoms with Crippen LogP contribution in [0.4, 0.5) is 4.39 Å². The zero-order chi connectivity index (χ0) is 10.3. The van der Waals surface area contributed by atoms with Gasteiger partial charge in [-0.15, -0.1) is 0 Å².